The molecule has 0 aromatic carbocycles. The summed E-state index contributed by atoms with van der Waals surface area (Å²) < 4.78 is 1.05. The Kier molecular flexibility index (Phi) is 4.57. The second kappa shape index (κ2) is 5.48. The molecule has 0 aliphatic carbocycles. The van der Waals surface area contributed by atoms with Gasteiger partial charge in [0.1, 0.15) is 0 Å². The minimum absolute atomic E-state index is 0.0861. The van der Waals surface area contributed by atoms with E-state index in [1.807, 2.05) is 18.4 Å². The lowest BCUT2D eigenvalue weighted by atomic mass is 10.2. The van der Waals surface area contributed by atoms with Crippen LogP contribution in [0.2, 0.25) is 0 Å². The number of nitrogens with one attached hydrogen (secondary N) is 1. The summed E-state index contributed by atoms with van der Waals surface area (Å²) in [6, 6.07) is 1.60. The summed E-state index contributed by atoms with van der Waals surface area (Å²) in [6.45, 7) is 2.45. The van der Waals surface area contributed by atoms with Crippen molar-refractivity contribution >= 4 is 33.2 Å². The van der Waals surface area contributed by atoms with Crippen LogP contribution in [0.1, 0.15) is 18.2 Å². The zero-order valence-corrected chi connectivity index (χ0v) is 10.3. The maximum absolute atomic E-state index is 11.3. The molecule has 3 nitrogen and oxygen atoms in total. The van der Waals surface area contributed by atoms with E-state index in [1.54, 1.807) is 11.3 Å². The molecule has 0 aliphatic heterocycles. The topological polar surface area (TPSA) is 55.1 Å². The molecule has 14 heavy (non-hydrogen) atoms. The van der Waals surface area contributed by atoms with Crippen molar-refractivity contribution in [2.24, 2.45) is 5.73 Å². The van der Waals surface area contributed by atoms with Gasteiger partial charge < -0.3 is 11.1 Å². The number of thiophene rings is 1. The van der Waals surface area contributed by atoms with Gasteiger partial charge in [-0.1, -0.05) is 6.92 Å². The third-order valence-electron chi connectivity index (χ3n) is 1.84. The highest BCUT2D eigenvalue weighted by Crippen LogP contribution is 2.19. The highest BCUT2D eigenvalue weighted by atomic mass is 79.9. The molecule has 1 rings (SSSR count). The first-order valence-corrected chi connectivity index (χ1v) is 6.07. The van der Waals surface area contributed by atoms with Gasteiger partial charge in [-0.05, 0) is 28.4 Å². The molecule has 1 heterocycles. The van der Waals surface area contributed by atoms with E-state index in [0.717, 1.165) is 9.35 Å². The molecule has 0 spiro atoms. The summed E-state index contributed by atoms with van der Waals surface area (Å²) in [4.78, 5) is 12.4. The predicted molar refractivity (Wildman–Crippen MR) is 62.1 cm³/mol. The number of carbonyl (C=O) groups excluding carboxylic acids is 1. The van der Waals surface area contributed by atoms with Gasteiger partial charge in [0.15, 0.2) is 0 Å². The summed E-state index contributed by atoms with van der Waals surface area (Å²) in [5, 5.41) is 4.78. The number of hydrogen-bond donors (Lipinski definition) is 2. The Hall–Kier alpha value is -0.390. The number of rotatable bonds is 4. The minimum atomic E-state index is -0.390. The van der Waals surface area contributed by atoms with Crippen molar-refractivity contribution < 1.29 is 4.79 Å². The number of hydrogen-bond acceptors (Lipinski definition) is 3. The van der Waals surface area contributed by atoms with E-state index in [-0.39, 0.29) is 5.91 Å². The zero-order chi connectivity index (χ0) is 10.6. The molecule has 0 unspecified atom stereocenters. The highest BCUT2D eigenvalue weighted by molar-refractivity contribution is 9.10. The Balaban J connectivity index is 2.37. The number of carbonyl (C=O) groups is 1. The van der Waals surface area contributed by atoms with Crippen molar-refractivity contribution in [3.05, 3.63) is 20.8 Å². The van der Waals surface area contributed by atoms with Crippen LogP contribution in [0.15, 0.2) is 15.9 Å². The van der Waals surface area contributed by atoms with E-state index in [9.17, 15) is 4.79 Å². The zero-order valence-electron chi connectivity index (χ0n) is 7.92. The Morgan fingerprint density at radius 3 is 3.00 bits per heavy atom. The lowest BCUT2D eigenvalue weighted by molar-refractivity contribution is -0.122. The van der Waals surface area contributed by atoms with Crippen LogP contribution >= 0.6 is 27.3 Å². The largest absolute Gasteiger partial charge is 0.350 e. The molecular formula is C9H13BrN2OS. The molecule has 0 bridgehead atoms. The van der Waals surface area contributed by atoms with Crippen LogP contribution in [-0.4, -0.2) is 11.9 Å². The standard InChI is InChI=1S/C9H13BrN2OS/c1-2-8(11)9(13)12-4-7-3-6(10)5-14-7/h3,5,8H,2,4,11H2,1H3,(H,12,13)/t8-/m0/s1. The van der Waals surface area contributed by atoms with Gasteiger partial charge in [0.2, 0.25) is 5.91 Å². The molecule has 1 aromatic heterocycles. The average molecular weight is 277 g/mol. The molecule has 1 amide bonds. The summed E-state index contributed by atoms with van der Waals surface area (Å²) in [7, 11) is 0. The van der Waals surface area contributed by atoms with Gasteiger partial charge in [0, 0.05) is 14.7 Å². The Morgan fingerprint density at radius 2 is 2.50 bits per heavy atom. The maximum Gasteiger partial charge on any atom is 0.237 e. The van der Waals surface area contributed by atoms with Crippen LogP contribution in [0.4, 0.5) is 0 Å². The molecular weight excluding hydrogens is 264 g/mol. The van der Waals surface area contributed by atoms with Crippen molar-refractivity contribution in [2.75, 3.05) is 0 Å². The van der Waals surface area contributed by atoms with E-state index < -0.39 is 6.04 Å². The van der Waals surface area contributed by atoms with Crippen LogP contribution in [0.3, 0.4) is 0 Å². The van der Waals surface area contributed by atoms with Gasteiger partial charge in [0.25, 0.3) is 0 Å². The van der Waals surface area contributed by atoms with E-state index in [1.165, 1.54) is 0 Å². The Labute approximate surface area is 95.8 Å². The lowest BCUT2D eigenvalue weighted by Crippen LogP contribution is -2.39. The first-order valence-electron chi connectivity index (χ1n) is 4.39. The van der Waals surface area contributed by atoms with Gasteiger partial charge in [-0.3, -0.25) is 4.79 Å². The van der Waals surface area contributed by atoms with Crippen molar-refractivity contribution in [2.45, 2.75) is 25.9 Å². The summed E-state index contributed by atoms with van der Waals surface area (Å²) >= 11 is 4.96. The van der Waals surface area contributed by atoms with Gasteiger partial charge in [-0.2, -0.15) is 0 Å². The molecule has 78 valence electrons. The fraction of sp³-hybridized carbons (Fsp3) is 0.444. The van der Waals surface area contributed by atoms with Crippen molar-refractivity contribution in [1.29, 1.82) is 0 Å². The van der Waals surface area contributed by atoms with E-state index in [4.69, 9.17) is 5.73 Å². The fourth-order valence-electron chi connectivity index (χ4n) is 0.937. The molecule has 0 aliphatic rings. The maximum atomic E-state index is 11.3. The molecule has 0 fully saturated rings. The van der Waals surface area contributed by atoms with Gasteiger partial charge in [-0.15, -0.1) is 11.3 Å². The number of amides is 1. The first kappa shape index (κ1) is 11.7. The van der Waals surface area contributed by atoms with E-state index in [2.05, 4.69) is 21.2 Å². The number of nitrogens with two attached hydrogens (primary N) is 1. The molecule has 0 radical (unpaired) electrons. The van der Waals surface area contributed by atoms with Crippen LogP contribution in [0.5, 0.6) is 0 Å². The molecule has 0 saturated heterocycles. The van der Waals surface area contributed by atoms with Crippen LogP contribution in [0, 0.1) is 0 Å². The van der Waals surface area contributed by atoms with E-state index in [0.29, 0.717) is 13.0 Å². The van der Waals surface area contributed by atoms with Crippen molar-refractivity contribution in [3.63, 3.8) is 0 Å². The predicted octanol–water partition coefficient (Wildman–Crippen LogP) is 1.86. The monoisotopic (exact) mass is 276 g/mol. The molecule has 1 atom stereocenters. The Morgan fingerprint density at radius 1 is 1.79 bits per heavy atom. The molecule has 1 aromatic rings. The molecule has 5 heteroatoms. The van der Waals surface area contributed by atoms with Gasteiger partial charge in [0.05, 0.1) is 12.6 Å². The van der Waals surface area contributed by atoms with Crippen molar-refractivity contribution in [3.8, 4) is 0 Å². The quantitative estimate of drug-likeness (QED) is 0.882. The average Bonchev–Trinajstić information content (AvgIpc) is 2.59. The summed E-state index contributed by atoms with van der Waals surface area (Å²) in [5.41, 5.74) is 5.57. The van der Waals surface area contributed by atoms with Crippen LogP contribution in [-0.2, 0) is 11.3 Å². The normalized spacial score (nSPS) is 12.5. The fourth-order valence-corrected chi connectivity index (χ4v) is 2.33. The van der Waals surface area contributed by atoms with Gasteiger partial charge in [-0.25, -0.2) is 0 Å². The van der Waals surface area contributed by atoms with E-state index >= 15 is 0 Å². The highest BCUT2D eigenvalue weighted by Gasteiger charge is 2.10. The Bertz CT molecular complexity index is 314. The van der Waals surface area contributed by atoms with Crippen LogP contribution in [0.25, 0.3) is 0 Å². The smallest absolute Gasteiger partial charge is 0.237 e. The van der Waals surface area contributed by atoms with Gasteiger partial charge >= 0.3 is 0 Å². The molecule has 0 saturated carbocycles. The lowest BCUT2D eigenvalue weighted by Gasteiger charge is -2.08. The SMILES string of the molecule is CC[C@H](N)C(=O)NCc1cc(Br)cs1. The summed E-state index contributed by atoms with van der Waals surface area (Å²) in [6.07, 6.45) is 0.667. The van der Waals surface area contributed by atoms with Crippen molar-refractivity contribution in [1.82, 2.24) is 5.32 Å². The second-order valence-corrected chi connectivity index (χ2v) is 4.88. The third-order valence-corrected chi connectivity index (χ3v) is 3.53. The second-order valence-electron chi connectivity index (χ2n) is 2.96. The molecule has 3 N–H and O–H groups in total. The summed E-state index contributed by atoms with van der Waals surface area (Å²) in [5.74, 6) is -0.0861. The third kappa shape index (κ3) is 3.40. The number of halogens is 1. The minimum Gasteiger partial charge on any atom is -0.350 e. The first-order chi connectivity index (χ1) is 6.63. The van der Waals surface area contributed by atoms with Crippen LogP contribution < -0.4 is 11.1 Å².